The van der Waals surface area contributed by atoms with Crippen LogP contribution in [0.5, 0.6) is 0 Å². The van der Waals surface area contributed by atoms with Crippen LogP contribution in [0, 0.1) is 19.8 Å². The summed E-state index contributed by atoms with van der Waals surface area (Å²) in [7, 11) is 0. The Balaban J connectivity index is 1.72. The number of likely N-dealkylation sites (tertiary alicyclic amines) is 1. The van der Waals surface area contributed by atoms with Gasteiger partial charge < -0.3 is 4.90 Å². The third kappa shape index (κ3) is 3.84. The lowest BCUT2D eigenvalue weighted by Crippen LogP contribution is -2.39. The minimum Gasteiger partial charge on any atom is -0.366 e. The van der Waals surface area contributed by atoms with Crippen molar-refractivity contribution in [3.63, 3.8) is 0 Å². The van der Waals surface area contributed by atoms with Gasteiger partial charge in [0.1, 0.15) is 5.70 Å². The number of amides is 2. The number of imide groups is 1. The number of carbonyl (C=O) groups is 2. The standard InChI is InChI=1S/C25H28N2O2/c1-17-6-10-20(11-7-17)16-27-24(28)22(21-12-8-18(2)9-13-21)23(25(27)29)26-14-4-5-19(3)15-26/h6-13,19H,4-5,14-16H2,1-3H3. The Morgan fingerprint density at radius 3 is 2.14 bits per heavy atom. The molecule has 4 rings (SSSR count). The van der Waals surface area contributed by atoms with Crippen molar-refractivity contribution in [1.29, 1.82) is 0 Å². The van der Waals surface area contributed by atoms with Crippen LogP contribution < -0.4 is 0 Å². The van der Waals surface area contributed by atoms with E-state index < -0.39 is 0 Å². The second-order valence-electron chi connectivity index (χ2n) is 8.47. The van der Waals surface area contributed by atoms with Crippen LogP contribution in [0.25, 0.3) is 5.57 Å². The summed E-state index contributed by atoms with van der Waals surface area (Å²) in [6.45, 7) is 8.22. The van der Waals surface area contributed by atoms with Crippen LogP contribution in [0.15, 0.2) is 54.2 Å². The van der Waals surface area contributed by atoms with Crippen LogP contribution in [0.2, 0.25) is 0 Å². The van der Waals surface area contributed by atoms with Crippen LogP contribution in [0.3, 0.4) is 0 Å². The van der Waals surface area contributed by atoms with Gasteiger partial charge in [0.15, 0.2) is 0 Å². The summed E-state index contributed by atoms with van der Waals surface area (Å²) in [5.74, 6) is 0.164. The van der Waals surface area contributed by atoms with E-state index in [0.717, 1.165) is 41.8 Å². The first-order valence-corrected chi connectivity index (χ1v) is 10.4. The fourth-order valence-corrected chi connectivity index (χ4v) is 4.25. The molecule has 0 saturated carbocycles. The maximum Gasteiger partial charge on any atom is 0.278 e. The predicted octanol–water partition coefficient (Wildman–Crippen LogP) is 4.32. The van der Waals surface area contributed by atoms with Gasteiger partial charge in [-0.25, -0.2) is 0 Å². The molecule has 0 N–H and O–H groups in total. The third-order valence-electron chi connectivity index (χ3n) is 5.92. The van der Waals surface area contributed by atoms with Gasteiger partial charge in [-0.3, -0.25) is 14.5 Å². The number of hydrogen-bond acceptors (Lipinski definition) is 3. The maximum absolute atomic E-state index is 13.4. The monoisotopic (exact) mass is 388 g/mol. The molecule has 2 aliphatic rings. The van der Waals surface area contributed by atoms with E-state index >= 15 is 0 Å². The minimum absolute atomic E-state index is 0.166. The largest absolute Gasteiger partial charge is 0.366 e. The van der Waals surface area contributed by atoms with Gasteiger partial charge in [-0.1, -0.05) is 66.6 Å². The summed E-state index contributed by atoms with van der Waals surface area (Å²) in [6.07, 6.45) is 2.21. The molecule has 1 fully saturated rings. The molecule has 0 bridgehead atoms. The number of aryl methyl sites for hydroxylation is 2. The number of benzene rings is 2. The van der Waals surface area contributed by atoms with Gasteiger partial charge >= 0.3 is 0 Å². The van der Waals surface area contributed by atoms with Crippen LogP contribution in [0.4, 0.5) is 0 Å². The van der Waals surface area contributed by atoms with Gasteiger partial charge in [-0.15, -0.1) is 0 Å². The van der Waals surface area contributed by atoms with E-state index in [2.05, 4.69) is 11.8 Å². The topological polar surface area (TPSA) is 40.6 Å². The quantitative estimate of drug-likeness (QED) is 0.733. The van der Waals surface area contributed by atoms with Crippen molar-refractivity contribution < 1.29 is 9.59 Å². The smallest absolute Gasteiger partial charge is 0.278 e. The Hall–Kier alpha value is -2.88. The lowest BCUT2D eigenvalue weighted by molar-refractivity contribution is -0.138. The van der Waals surface area contributed by atoms with Crippen molar-refractivity contribution in [3.05, 3.63) is 76.5 Å². The van der Waals surface area contributed by atoms with Crippen molar-refractivity contribution in [3.8, 4) is 0 Å². The molecule has 0 spiro atoms. The van der Waals surface area contributed by atoms with Gasteiger partial charge in [0.25, 0.3) is 11.8 Å². The van der Waals surface area contributed by atoms with Crippen LogP contribution in [-0.2, 0) is 16.1 Å². The van der Waals surface area contributed by atoms with Crippen molar-refractivity contribution in [2.75, 3.05) is 13.1 Å². The van der Waals surface area contributed by atoms with Crippen LogP contribution >= 0.6 is 0 Å². The average molecular weight is 389 g/mol. The molecular weight excluding hydrogens is 360 g/mol. The average Bonchev–Trinajstić information content (AvgIpc) is 2.95. The van der Waals surface area contributed by atoms with Crippen LogP contribution in [0.1, 0.15) is 42.0 Å². The summed E-state index contributed by atoms with van der Waals surface area (Å²) in [4.78, 5) is 30.4. The zero-order chi connectivity index (χ0) is 20.5. The van der Waals surface area contributed by atoms with Gasteiger partial charge in [-0.2, -0.15) is 0 Å². The lowest BCUT2D eigenvalue weighted by atomic mass is 9.97. The van der Waals surface area contributed by atoms with E-state index in [4.69, 9.17) is 0 Å². The number of nitrogens with zero attached hydrogens (tertiary/aromatic N) is 2. The summed E-state index contributed by atoms with van der Waals surface area (Å²) < 4.78 is 0. The summed E-state index contributed by atoms with van der Waals surface area (Å²) in [5.41, 5.74) is 5.22. The summed E-state index contributed by atoms with van der Waals surface area (Å²) in [5, 5.41) is 0. The fourth-order valence-electron chi connectivity index (χ4n) is 4.25. The molecule has 1 saturated heterocycles. The molecule has 1 atom stereocenters. The Morgan fingerprint density at radius 1 is 0.897 bits per heavy atom. The number of hydrogen-bond donors (Lipinski definition) is 0. The predicted molar refractivity (Wildman–Crippen MR) is 115 cm³/mol. The first kappa shape index (κ1) is 19.4. The first-order valence-electron chi connectivity index (χ1n) is 10.4. The molecule has 150 valence electrons. The van der Waals surface area contributed by atoms with E-state index in [1.165, 1.54) is 11.3 Å². The molecular formula is C25H28N2O2. The van der Waals surface area contributed by atoms with Gasteiger partial charge in [0.05, 0.1) is 12.1 Å². The number of rotatable bonds is 4. The van der Waals surface area contributed by atoms with Gasteiger partial charge in [-0.05, 0) is 43.7 Å². The van der Waals surface area contributed by atoms with E-state index in [1.54, 1.807) is 0 Å². The van der Waals surface area contributed by atoms with Gasteiger partial charge in [0.2, 0.25) is 0 Å². The molecule has 4 heteroatoms. The molecule has 0 radical (unpaired) electrons. The highest BCUT2D eigenvalue weighted by atomic mass is 16.2. The normalized spacial score (nSPS) is 20.0. The zero-order valence-corrected chi connectivity index (χ0v) is 17.4. The van der Waals surface area contributed by atoms with Crippen molar-refractivity contribution >= 4 is 17.4 Å². The third-order valence-corrected chi connectivity index (χ3v) is 5.92. The Bertz CT molecular complexity index is 957. The first-order chi connectivity index (χ1) is 13.9. The fraction of sp³-hybridized carbons (Fsp3) is 0.360. The SMILES string of the molecule is Cc1ccc(CN2C(=O)C(c3ccc(C)cc3)=C(N3CCCC(C)C3)C2=O)cc1. The molecule has 4 nitrogen and oxygen atoms in total. The molecule has 0 aromatic heterocycles. The van der Waals surface area contributed by atoms with E-state index in [-0.39, 0.29) is 11.8 Å². The molecule has 2 aliphatic heterocycles. The summed E-state index contributed by atoms with van der Waals surface area (Å²) >= 11 is 0. The van der Waals surface area contributed by atoms with Crippen molar-refractivity contribution in [2.24, 2.45) is 5.92 Å². The van der Waals surface area contributed by atoms with E-state index in [0.29, 0.717) is 23.7 Å². The Kier molecular flexibility index (Phi) is 5.27. The molecule has 1 unspecified atom stereocenters. The lowest BCUT2D eigenvalue weighted by Gasteiger charge is -2.33. The number of carbonyl (C=O) groups excluding carboxylic acids is 2. The summed E-state index contributed by atoms with van der Waals surface area (Å²) in [6, 6.07) is 15.9. The molecule has 29 heavy (non-hydrogen) atoms. The highest BCUT2D eigenvalue weighted by Crippen LogP contribution is 2.34. The molecule has 2 aromatic rings. The second kappa shape index (κ2) is 7.86. The number of piperidine rings is 1. The maximum atomic E-state index is 13.4. The highest BCUT2D eigenvalue weighted by molar-refractivity contribution is 6.35. The van der Waals surface area contributed by atoms with Gasteiger partial charge in [0, 0.05) is 13.1 Å². The zero-order valence-electron chi connectivity index (χ0n) is 17.4. The van der Waals surface area contributed by atoms with E-state index in [1.807, 2.05) is 62.4 Å². The van der Waals surface area contributed by atoms with Crippen LogP contribution in [-0.4, -0.2) is 34.7 Å². The highest BCUT2D eigenvalue weighted by Gasteiger charge is 2.42. The molecule has 2 amide bonds. The Labute approximate surface area is 172 Å². The van der Waals surface area contributed by atoms with Crippen molar-refractivity contribution in [1.82, 2.24) is 9.80 Å². The molecule has 2 aromatic carbocycles. The molecule has 2 heterocycles. The van der Waals surface area contributed by atoms with E-state index in [9.17, 15) is 9.59 Å². The molecule has 0 aliphatic carbocycles. The minimum atomic E-state index is -0.187. The Morgan fingerprint density at radius 2 is 1.52 bits per heavy atom. The second-order valence-corrected chi connectivity index (χ2v) is 8.47. The van der Waals surface area contributed by atoms with Crippen molar-refractivity contribution in [2.45, 2.75) is 40.2 Å².